The van der Waals surface area contributed by atoms with Crippen LogP contribution in [-0.2, 0) is 14.3 Å². The molecule has 1 saturated heterocycles. The maximum absolute atomic E-state index is 14.2. The van der Waals surface area contributed by atoms with Crippen LogP contribution in [0.1, 0.15) is 113 Å². The Morgan fingerprint density at radius 2 is 1.52 bits per heavy atom. The van der Waals surface area contributed by atoms with Gasteiger partial charge in [0.1, 0.15) is 5.60 Å². The lowest BCUT2D eigenvalue weighted by molar-refractivity contribution is -0.188. The highest BCUT2D eigenvalue weighted by Crippen LogP contribution is 2.74. The van der Waals surface area contributed by atoms with Gasteiger partial charge in [-0.25, -0.2) is 0 Å². The van der Waals surface area contributed by atoms with E-state index < -0.39 is 5.60 Å². The molecular weight excluding hydrogens is 408 g/mol. The van der Waals surface area contributed by atoms with Gasteiger partial charge >= 0.3 is 5.97 Å². The predicted octanol–water partition coefficient (Wildman–Crippen LogP) is 7.28. The monoisotopic (exact) mass is 454 g/mol. The lowest BCUT2D eigenvalue weighted by atomic mass is 9.35. The predicted molar refractivity (Wildman–Crippen MR) is 131 cm³/mol. The number of carbonyl (C=O) groups excluding carboxylic acids is 2. The van der Waals surface area contributed by atoms with Crippen LogP contribution in [0, 0.1) is 44.8 Å². The molecule has 1 aliphatic heterocycles. The first-order valence-corrected chi connectivity index (χ1v) is 13.6. The minimum atomic E-state index is -0.520. The van der Waals surface area contributed by atoms with E-state index in [0.29, 0.717) is 29.0 Å². The zero-order valence-corrected chi connectivity index (χ0v) is 22.4. The minimum Gasteiger partial charge on any atom is -0.459 e. The number of ether oxygens (including phenoxy) is 1. The first kappa shape index (κ1) is 23.6. The number of allylic oxidation sites excluding steroid dienone is 2. The third-order valence-corrected chi connectivity index (χ3v) is 12.2. The molecule has 0 radical (unpaired) electrons. The van der Waals surface area contributed by atoms with E-state index in [0.717, 1.165) is 19.3 Å². The van der Waals surface area contributed by atoms with Crippen LogP contribution in [0.3, 0.4) is 0 Å². The van der Waals surface area contributed by atoms with Gasteiger partial charge in [-0.15, -0.1) is 0 Å². The van der Waals surface area contributed by atoms with Gasteiger partial charge in [0.2, 0.25) is 0 Å². The summed E-state index contributed by atoms with van der Waals surface area (Å²) in [6, 6.07) is 0. The average molecular weight is 455 g/mol. The Morgan fingerprint density at radius 3 is 2.21 bits per heavy atom. The van der Waals surface area contributed by atoms with Crippen molar-refractivity contribution in [2.75, 3.05) is 0 Å². The molecule has 0 aromatic heterocycles. The first-order chi connectivity index (χ1) is 15.1. The molecule has 0 aromatic rings. The molecule has 4 aliphatic carbocycles. The highest BCUT2D eigenvalue weighted by Gasteiger charge is 2.69. The Morgan fingerprint density at radius 1 is 0.848 bits per heavy atom. The van der Waals surface area contributed by atoms with Gasteiger partial charge < -0.3 is 4.74 Å². The average Bonchev–Trinajstić information content (AvgIpc) is 2.77. The quantitative estimate of drug-likeness (QED) is 0.361. The fraction of sp³-hybridized carbons (Fsp3) is 0.867. The van der Waals surface area contributed by atoms with Crippen molar-refractivity contribution < 1.29 is 14.3 Å². The van der Waals surface area contributed by atoms with Gasteiger partial charge in [0.05, 0.1) is 0 Å². The van der Waals surface area contributed by atoms with Crippen LogP contribution < -0.4 is 0 Å². The number of hydrogen-bond acceptors (Lipinski definition) is 3. The van der Waals surface area contributed by atoms with Crippen molar-refractivity contribution in [2.45, 2.75) is 119 Å². The summed E-state index contributed by atoms with van der Waals surface area (Å²) in [6.07, 6.45) is 11.6. The van der Waals surface area contributed by atoms with Gasteiger partial charge in [-0.3, -0.25) is 9.59 Å². The molecule has 1 heterocycles. The number of ketones is 1. The summed E-state index contributed by atoms with van der Waals surface area (Å²) >= 11 is 0. The van der Waals surface area contributed by atoms with Crippen molar-refractivity contribution in [1.29, 1.82) is 0 Å². The topological polar surface area (TPSA) is 43.4 Å². The summed E-state index contributed by atoms with van der Waals surface area (Å²) in [5.41, 5.74) is 1.41. The molecular formula is C30H46O3. The summed E-state index contributed by atoms with van der Waals surface area (Å²) in [4.78, 5) is 26.8. The molecule has 184 valence electrons. The van der Waals surface area contributed by atoms with E-state index >= 15 is 0 Å². The Kier molecular flexibility index (Phi) is 4.83. The molecule has 5 aliphatic rings. The zero-order valence-electron chi connectivity index (χ0n) is 22.4. The van der Waals surface area contributed by atoms with E-state index in [9.17, 15) is 9.59 Å². The van der Waals surface area contributed by atoms with Crippen molar-refractivity contribution in [3.8, 4) is 0 Å². The molecule has 0 amide bonds. The summed E-state index contributed by atoms with van der Waals surface area (Å²) < 4.78 is 5.95. The van der Waals surface area contributed by atoms with Gasteiger partial charge in [0.15, 0.2) is 5.78 Å². The number of cyclic esters (lactones) is 1. The number of esters is 1. The number of rotatable bonds is 0. The van der Waals surface area contributed by atoms with Gasteiger partial charge in [0, 0.05) is 18.3 Å². The Bertz CT molecular complexity index is 927. The zero-order chi connectivity index (χ0) is 24.2. The first-order valence-electron chi connectivity index (χ1n) is 13.6. The number of hydrogen-bond donors (Lipinski definition) is 0. The highest BCUT2D eigenvalue weighted by molar-refractivity contribution is 5.95. The molecule has 2 unspecified atom stereocenters. The summed E-state index contributed by atoms with van der Waals surface area (Å²) in [5.74, 6) is 0.949. The normalized spacial score (nSPS) is 50.5. The fourth-order valence-corrected chi connectivity index (χ4v) is 9.99. The van der Waals surface area contributed by atoms with Crippen LogP contribution in [0.5, 0.6) is 0 Å². The molecule has 33 heavy (non-hydrogen) atoms. The highest BCUT2D eigenvalue weighted by atomic mass is 16.6. The molecule has 3 saturated carbocycles. The van der Waals surface area contributed by atoms with Crippen LogP contribution in [-0.4, -0.2) is 17.4 Å². The van der Waals surface area contributed by atoms with E-state index in [1.54, 1.807) is 0 Å². The molecule has 0 N–H and O–H groups in total. The van der Waals surface area contributed by atoms with Gasteiger partial charge in [-0.1, -0.05) is 47.1 Å². The van der Waals surface area contributed by atoms with Gasteiger partial charge in [-0.2, -0.15) is 0 Å². The van der Waals surface area contributed by atoms with Crippen LogP contribution in [0.2, 0.25) is 0 Å². The third kappa shape index (κ3) is 3.05. The van der Waals surface area contributed by atoms with Gasteiger partial charge in [0.25, 0.3) is 0 Å². The van der Waals surface area contributed by atoms with E-state index in [1.165, 1.54) is 37.7 Å². The Balaban J connectivity index is 1.64. The van der Waals surface area contributed by atoms with Crippen LogP contribution >= 0.6 is 0 Å². The van der Waals surface area contributed by atoms with Crippen LogP contribution in [0.25, 0.3) is 0 Å². The molecule has 7 atom stereocenters. The SMILES string of the molecule is CC1(C)CC[C@]2(C)CC[C@]3(C)C(=CC(=O)C4[C@@]5(C)CCC(=O)OC(C)(C)C5CC[C@]43C)[C@@H]2C1. The molecule has 0 aromatic carbocycles. The maximum atomic E-state index is 14.2. The van der Waals surface area contributed by atoms with E-state index in [2.05, 4.69) is 61.5 Å². The third-order valence-electron chi connectivity index (χ3n) is 12.2. The maximum Gasteiger partial charge on any atom is 0.306 e. The minimum absolute atomic E-state index is 0.0350. The van der Waals surface area contributed by atoms with E-state index in [1.807, 2.05) is 0 Å². The molecule has 0 bridgehead atoms. The molecule has 5 rings (SSSR count). The second kappa shape index (κ2) is 6.76. The fourth-order valence-electron chi connectivity index (χ4n) is 9.99. The van der Waals surface area contributed by atoms with Crippen LogP contribution in [0.4, 0.5) is 0 Å². The lowest BCUT2D eigenvalue weighted by Gasteiger charge is -2.68. The van der Waals surface area contributed by atoms with Crippen molar-refractivity contribution >= 4 is 11.8 Å². The smallest absolute Gasteiger partial charge is 0.306 e. The summed E-state index contributed by atoms with van der Waals surface area (Å²) in [6.45, 7) is 18.8. The second-order valence-electron chi connectivity index (χ2n) is 14.9. The number of fused-ring (bicyclic) bond motifs is 7. The lowest BCUT2D eigenvalue weighted by Crippen LogP contribution is -2.65. The standard InChI is InChI=1S/C30H46O3/c1-25(2)13-14-27(5)15-16-29(7)19(20(27)18-25)17-21(31)24-28(6)11-10-23(32)33-26(3,4)22(28)9-12-30(24,29)8/h17,20,22,24H,9-16,18H2,1-8H3/t20-,22?,24?,27+,28-,29+,30+/m0/s1. The Labute approximate surface area is 201 Å². The largest absolute Gasteiger partial charge is 0.459 e. The second-order valence-corrected chi connectivity index (χ2v) is 14.9. The summed E-state index contributed by atoms with van der Waals surface area (Å²) in [5, 5.41) is 0. The van der Waals surface area contributed by atoms with Crippen molar-refractivity contribution in [1.82, 2.24) is 0 Å². The van der Waals surface area contributed by atoms with Crippen molar-refractivity contribution in [3.05, 3.63) is 11.6 Å². The molecule has 3 nitrogen and oxygen atoms in total. The van der Waals surface area contributed by atoms with Gasteiger partial charge in [-0.05, 0) is 104 Å². The Hall–Kier alpha value is -1.12. The van der Waals surface area contributed by atoms with Crippen LogP contribution in [0.15, 0.2) is 11.6 Å². The molecule has 3 heteroatoms. The number of carbonyl (C=O) groups is 2. The van der Waals surface area contributed by atoms with E-state index in [4.69, 9.17) is 4.74 Å². The van der Waals surface area contributed by atoms with Crippen molar-refractivity contribution in [3.63, 3.8) is 0 Å². The molecule has 4 fully saturated rings. The van der Waals surface area contributed by atoms with Crippen molar-refractivity contribution in [2.24, 2.45) is 44.8 Å². The molecule has 0 spiro atoms. The van der Waals surface area contributed by atoms with E-state index in [-0.39, 0.29) is 34.1 Å². The summed E-state index contributed by atoms with van der Waals surface area (Å²) in [7, 11) is 0.